The fraction of sp³-hybridized carbons (Fsp3) is 0.294. The van der Waals surface area contributed by atoms with E-state index in [1.807, 2.05) is 12.1 Å². The van der Waals surface area contributed by atoms with E-state index in [0.29, 0.717) is 16.5 Å². The first-order valence-corrected chi connectivity index (χ1v) is 7.67. The first-order valence-electron chi connectivity index (χ1n) is 7.29. The number of amides is 1. The molecule has 2 N–H and O–H groups in total. The van der Waals surface area contributed by atoms with E-state index in [4.69, 9.17) is 21.1 Å². The van der Waals surface area contributed by atoms with Gasteiger partial charge in [0.25, 0.3) is 0 Å². The number of rotatable bonds is 5. The molecule has 0 radical (unpaired) electrons. The summed E-state index contributed by atoms with van der Waals surface area (Å²) in [6.07, 6.45) is 1.58. The third-order valence-corrected chi connectivity index (χ3v) is 4.46. The van der Waals surface area contributed by atoms with E-state index < -0.39 is 11.4 Å². The predicted octanol–water partition coefficient (Wildman–Crippen LogP) is 3.29. The number of hydrogen-bond acceptors (Lipinski definition) is 3. The minimum atomic E-state index is -1.04. The molecule has 1 heterocycles. The Labute approximate surface area is 138 Å². The molecule has 0 spiro atoms. The highest BCUT2D eigenvalue weighted by Crippen LogP contribution is 2.48. The average molecular weight is 334 g/mol. The molecular weight excluding hydrogens is 318 g/mol. The van der Waals surface area contributed by atoms with Gasteiger partial charge < -0.3 is 14.8 Å². The molecule has 5 nitrogen and oxygen atoms in total. The van der Waals surface area contributed by atoms with Crippen molar-refractivity contribution in [2.75, 3.05) is 0 Å². The van der Waals surface area contributed by atoms with Gasteiger partial charge in [0.2, 0.25) is 5.91 Å². The summed E-state index contributed by atoms with van der Waals surface area (Å²) in [6, 6.07) is 8.74. The summed E-state index contributed by atoms with van der Waals surface area (Å²) in [6.45, 7) is 1.76. The van der Waals surface area contributed by atoms with Crippen LogP contribution in [-0.4, -0.2) is 17.0 Å². The number of aryl methyl sites for hydroxylation is 1. The predicted molar refractivity (Wildman–Crippen MR) is 84.6 cm³/mol. The Morgan fingerprint density at radius 2 is 1.96 bits per heavy atom. The number of carbonyl (C=O) groups is 2. The van der Waals surface area contributed by atoms with Crippen molar-refractivity contribution in [3.8, 4) is 0 Å². The smallest absolute Gasteiger partial charge is 0.339 e. The van der Waals surface area contributed by atoms with Crippen molar-refractivity contribution in [3.05, 3.63) is 58.0 Å². The van der Waals surface area contributed by atoms with Gasteiger partial charge in [-0.05, 0) is 43.5 Å². The Kier molecular flexibility index (Phi) is 3.90. The molecule has 6 heteroatoms. The lowest BCUT2D eigenvalue weighted by Gasteiger charge is -2.15. The first kappa shape index (κ1) is 15.6. The quantitative estimate of drug-likeness (QED) is 0.880. The van der Waals surface area contributed by atoms with Gasteiger partial charge in [-0.3, -0.25) is 4.79 Å². The minimum Gasteiger partial charge on any atom is -0.478 e. The summed E-state index contributed by atoms with van der Waals surface area (Å²) in [5.74, 6) is -0.352. The fourth-order valence-electron chi connectivity index (χ4n) is 2.72. The largest absolute Gasteiger partial charge is 0.478 e. The zero-order valence-corrected chi connectivity index (χ0v) is 13.3. The molecule has 3 rings (SSSR count). The van der Waals surface area contributed by atoms with Crippen LogP contribution < -0.4 is 5.32 Å². The van der Waals surface area contributed by atoms with E-state index in [9.17, 15) is 9.59 Å². The van der Waals surface area contributed by atoms with Gasteiger partial charge in [-0.25, -0.2) is 4.79 Å². The van der Waals surface area contributed by atoms with E-state index in [1.165, 1.54) is 6.07 Å². The fourth-order valence-corrected chi connectivity index (χ4v) is 2.85. The Hall–Kier alpha value is -2.27. The molecule has 0 aliphatic heterocycles. The summed E-state index contributed by atoms with van der Waals surface area (Å²) in [4.78, 5) is 23.5. The maximum Gasteiger partial charge on any atom is 0.339 e. The van der Waals surface area contributed by atoms with Gasteiger partial charge in [-0.15, -0.1) is 0 Å². The number of aromatic carboxylic acids is 1. The second-order valence-corrected chi connectivity index (χ2v) is 6.20. The van der Waals surface area contributed by atoms with Gasteiger partial charge >= 0.3 is 5.97 Å². The maximum absolute atomic E-state index is 12.5. The number of carboxylic acid groups (broad SMARTS) is 1. The molecule has 1 aliphatic carbocycles. The van der Waals surface area contributed by atoms with Crippen molar-refractivity contribution < 1.29 is 19.1 Å². The summed E-state index contributed by atoms with van der Waals surface area (Å²) in [7, 11) is 0. The first-order chi connectivity index (χ1) is 10.9. The molecule has 0 saturated heterocycles. The minimum absolute atomic E-state index is 0.0780. The van der Waals surface area contributed by atoms with Crippen LogP contribution in [-0.2, 0) is 16.8 Å². The SMILES string of the molecule is Cc1oc(CNC(=O)C2(c3ccc(Cl)cc3)CC2)cc1C(=O)O. The molecule has 0 unspecified atom stereocenters. The average Bonchev–Trinajstić information content (AvgIpc) is 3.23. The Morgan fingerprint density at radius 1 is 1.30 bits per heavy atom. The molecule has 1 fully saturated rings. The molecule has 120 valence electrons. The van der Waals surface area contributed by atoms with Gasteiger partial charge in [0.05, 0.1) is 12.0 Å². The van der Waals surface area contributed by atoms with E-state index in [0.717, 1.165) is 18.4 Å². The zero-order chi connectivity index (χ0) is 16.6. The molecule has 1 saturated carbocycles. The van der Waals surface area contributed by atoms with Crippen molar-refractivity contribution in [3.63, 3.8) is 0 Å². The van der Waals surface area contributed by atoms with Crippen molar-refractivity contribution >= 4 is 23.5 Å². The number of hydrogen-bond donors (Lipinski definition) is 2. The van der Waals surface area contributed by atoms with Crippen LogP contribution in [0.3, 0.4) is 0 Å². The van der Waals surface area contributed by atoms with E-state index >= 15 is 0 Å². The summed E-state index contributed by atoms with van der Waals surface area (Å²) in [5, 5.41) is 12.5. The lowest BCUT2D eigenvalue weighted by Crippen LogP contribution is -2.34. The number of benzene rings is 1. The molecule has 1 amide bonds. The van der Waals surface area contributed by atoms with E-state index in [1.54, 1.807) is 19.1 Å². The summed E-state index contributed by atoms with van der Waals surface area (Å²) >= 11 is 5.88. The monoisotopic (exact) mass is 333 g/mol. The third kappa shape index (κ3) is 2.97. The second-order valence-electron chi connectivity index (χ2n) is 5.76. The van der Waals surface area contributed by atoms with E-state index in [2.05, 4.69) is 5.32 Å². The van der Waals surface area contributed by atoms with Crippen LogP contribution >= 0.6 is 11.6 Å². The van der Waals surface area contributed by atoms with Gasteiger partial charge in [0.15, 0.2) is 0 Å². The lowest BCUT2D eigenvalue weighted by atomic mass is 9.95. The Bertz CT molecular complexity index is 759. The van der Waals surface area contributed by atoms with Gasteiger partial charge in [-0.2, -0.15) is 0 Å². The molecule has 1 aromatic heterocycles. The highest BCUT2D eigenvalue weighted by molar-refractivity contribution is 6.30. The topological polar surface area (TPSA) is 79.5 Å². The van der Waals surface area contributed by atoms with Crippen LogP contribution in [0.4, 0.5) is 0 Å². The second kappa shape index (κ2) is 5.74. The van der Waals surface area contributed by atoms with Crippen LogP contribution in [0.2, 0.25) is 5.02 Å². The highest BCUT2D eigenvalue weighted by Gasteiger charge is 2.51. The van der Waals surface area contributed by atoms with Crippen LogP contribution in [0.15, 0.2) is 34.7 Å². The van der Waals surface area contributed by atoms with Crippen LogP contribution in [0.25, 0.3) is 0 Å². The summed E-state index contributed by atoms with van der Waals surface area (Å²) < 4.78 is 5.37. The van der Waals surface area contributed by atoms with Gasteiger partial charge in [0, 0.05) is 5.02 Å². The highest BCUT2D eigenvalue weighted by atomic mass is 35.5. The number of carboxylic acids is 1. The standard InChI is InChI=1S/C17H16ClNO4/c1-10-14(15(20)21)8-13(23-10)9-19-16(22)17(6-7-17)11-2-4-12(18)5-3-11/h2-5,8H,6-7,9H2,1H3,(H,19,22)(H,20,21). The summed E-state index contributed by atoms with van der Waals surface area (Å²) in [5.41, 5.74) is 0.566. The number of carbonyl (C=O) groups excluding carboxylic acids is 1. The van der Waals surface area contributed by atoms with Crippen LogP contribution in [0.5, 0.6) is 0 Å². The zero-order valence-electron chi connectivity index (χ0n) is 12.6. The number of nitrogens with one attached hydrogen (secondary N) is 1. The lowest BCUT2D eigenvalue weighted by molar-refractivity contribution is -0.123. The van der Waals surface area contributed by atoms with Crippen LogP contribution in [0.1, 0.15) is 40.3 Å². The molecular formula is C17H16ClNO4. The third-order valence-electron chi connectivity index (χ3n) is 4.20. The normalized spacial score (nSPS) is 15.2. The van der Waals surface area contributed by atoms with Crippen molar-refractivity contribution in [2.45, 2.75) is 31.7 Å². The Balaban J connectivity index is 1.69. The molecule has 1 aromatic carbocycles. The van der Waals surface area contributed by atoms with Gasteiger partial charge in [0.1, 0.15) is 17.1 Å². The molecule has 23 heavy (non-hydrogen) atoms. The number of furan rings is 1. The Morgan fingerprint density at radius 3 is 2.48 bits per heavy atom. The van der Waals surface area contributed by atoms with Crippen molar-refractivity contribution in [1.82, 2.24) is 5.32 Å². The molecule has 1 aliphatic rings. The van der Waals surface area contributed by atoms with Crippen molar-refractivity contribution in [2.24, 2.45) is 0 Å². The molecule has 0 atom stereocenters. The van der Waals surface area contributed by atoms with Crippen LogP contribution in [0, 0.1) is 6.92 Å². The van der Waals surface area contributed by atoms with Gasteiger partial charge in [-0.1, -0.05) is 23.7 Å². The molecule has 0 bridgehead atoms. The van der Waals surface area contributed by atoms with Crippen molar-refractivity contribution in [1.29, 1.82) is 0 Å². The van der Waals surface area contributed by atoms with E-state index in [-0.39, 0.29) is 18.0 Å². The molecule has 2 aromatic rings. The maximum atomic E-state index is 12.5. The number of halogens is 1.